The highest BCUT2D eigenvalue weighted by atomic mass is 32.2. The lowest BCUT2D eigenvalue weighted by atomic mass is 10.2. The molecule has 0 saturated carbocycles. The van der Waals surface area contributed by atoms with E-state index in [1.807, 2.05) is 0 Å². The van der Waals surface area contributed by atoms with E-state index in [1.54, 1.807) is 0 Å². The summed E-state index contributed by atoms with van der Waals surface area (Å²) in [6.45, 7) is 2.95. The van der Waals surface area contributed by atoms with Crippen LogP contribution in [0.2, 0.25) is 0 Å². The summed E-state index contributed by atoms with van der Waals surface area (Å²) in [5.41, 5.74) is 0. The summed E-state index contributed by atoms with van der Waals surface area (Å²) < 4.78 is 55.3. The Labute approximate surface area is 130 Å². The molecular weight excluding hydrogens is 336 g/mol. The quantitative estimate of drug-likeness (QED) is 0.532. The maximum Gasteiger partial charge on any atom is 0.348 e. The first-order chi connectivity index (χ1) is 10.1. The molecule has 0 amide bonds. The van der Waals surface area contributed by atoms with Crippen LogP contribution in [-0.4, -0.2) is 64.0 Å². The molecule has 1 aliphatic heterocycles. The monoisotopic (exact) mass is 356 g/mol. The Bertz CT molecular complexity index is 564. The normalized spacial score (nSPS) is 23.0. The summed E-state index contributed by atoms with van der Waals surface area (Å²) in [5.74, 6) is -2.40. The second-order valence-corrected chi connectivity index (χ2v) is 9.85. The van der Waals surface area contributed by atoms with Gasteiger partial charge in [0.1, 0.15) is 19.7 Å². The highest BCUT2D eigenvalue weighted by molar-refractivity contribution is 7.91. The lowest BCUT2D eigenvalue weighted by molar-refractivity contribution is -0.195. The van der Waals surface area contributed by atoms with E-state index in [9.17, 15) is 26.4 Å². The third kappa shape index (κ3) is 5.56. The molecule has 1 saturated heterocycles. The van der Waals surface area contributed by atoms with Gasteiger partial charge in [0.05, 0.1) is 11.5 Å². The van der Waals surface area contributed by atoms with Gasteiger partial charge in [-0.15, -0.1) is 0 Å². The second-order valence-electron chi connectivity index (χ2n) is 4.90. The minimum absolute atomic E-state index is 0.0692. The zero-order valence-corrected chi connectivity index (χ0v) is 14.1. The standard InChI is InChI=1S/C12H20O8S2/c1-3-21(15,16)7-5-9-11(13)20-10(12(14)19-9)6-8-22(17,18)4-2/h9-10H,3-8H2,1-2H3/t9-,10-/m1/s1. The largest absolute Gasteiger partial charge is 0.448 e. The van der Waals surface area contributed by atoms with Crippen molar-refractivity contribution in [2.24, 2.45) is 0 Å². The number of cyclic esters (lactones) is 2. The predicted molar refractivity (Wildman–Crippen MR) is 77.6 cm³/mol. The number of carbonyl (C=O) groups is 2. The summed E-state index contributed by atoms with van der Waals surface area (Å²) in [7, 11) is -6.57. The molecule has 0 N–H and O–H groups in total. The van der Waals surface area contributed by atoms with Crippen LogP contribution in [0.3, 0.4) is 0 Å². The summed E-state index contributed by atoms with van der Waals surface area (Å²) in [4.78, 5) is 23.4. The van der Waals surface area contributed by atoms with Gasteiger partial charge >= 0.3 is 11.9 Å². The molecule has 1 aliphatic rings. The van der Waals surface area contributed by atoms with Gasteiger partial charge in [0.15, 0.2) is 12.2 Å². The number of esters is 2. The molecule has 0 aromatic rings. The van der Waals surface area contributed by atoms with Crippen LogP contribution >= 0.6 is 0 Å². The molecule has 128 valence electrons. The van der Waals surface area contributed by atoms with Crippen molar-refractivity contribution in [1.29, 1.82) is 0 Å². The molecule has 0 aromatic heterocycles. The summed E-state index contributed by atoms with van der Waals surface area (Å²) in [6.07, 6.45) is -2.85. The third-order valence-electron chi connectivity index (χ3n) is 3.30. The zero-order chi connectivity index (χ0) is 17.0. The van der Waals surface area contributed by atoms with Gasteiger partial charge < -0.3 is 9.47 Å². The predicted octanol–water partition coefficient (Wildman–Crippen LogP) is -0.527. The molecule has 0 aromatic carbocycles. The van der Waals surface area contributed by atoms with Gasteiger partial charge in [-0.1, -0.05) is 13.8 Å². The minimum Gasteiger partial charge on any atom is -0.448 e. The highest BCUT2D eigenvalue weighted by Gasteiger charge is 2.38. The molecule has 2 atom stereocenters. The fourth-order valence-corrected chi connectivity index (χ4v) is 3.47. The minimum atomic E-state index is -3.28. The van der Waals surface area contributed by atoms with Gasteiger partial charge in [-0.05, 0) is 0 Å². The zero-order valence-electron chi connectivity index (χ0n) is 12.5. The lowest BCUT2D eigenvalue weighted by Crippen LogP contribution is -2.45. The van der Waals surface area contributed by atoms with Crippen LogP contribution in [-0.2, 0) is 38.7 Å². The lowest BCUT2D eigenvalue weighted by Gasteiger charge is -2.27. The van der Waals surface area contributed by atoms with Crippen molar-refractivity contribution in [3.8, 4) is 0 Å². The molecule has 0 bridgehead atoms. The molecule has 0 spiro atoms. The van der Waals surface area contributed by atoms with Crippen LogP contribution in [0.15, 0.2) is 0 Å². The van der Waals surface area contributed by atoms with Crippen molar-refractivity contribution in [1.82, 2.24) is 0 Å². The van der Waals surface area contributed by atoms with Crippen molar-refractivity contribution in [3.05, 3.63) is 0 Å². The topological polar surface area (TPSA) is 121 Å². The van der Waals surface area contributed by atoms with Crippen molar-refractivity contribution in [2.45, 2.75) is 38.9 Å². The van der Waals surface area contributed by atoms with Crippen LogP contribution in [0.1, 0.15) is 26.7 Å². The molecule has 0 radical (unpaired) electrons. The van der Waals surface area contributed by atoms with E-state index < -0.39 is 43.8 Å². The Morgan fingerprint density at radius 1 is 0.773 bits per heavy atom. The van der Waals surface area contributed by atoms with E-state index in [0.717, 1.165) is 0 Å². The summed E-state index contributed by atoms with van der Waals surface area (Å²) in [6, 6.07) is 0. The molecule has 1 rings (SSSR count). The maximum atomic E-state index is 11.7. The average molecular weight is 356 g/mol. The number of ether oxygens (including phenoxy) is 2. The van der Waals surface area contributed by atoms with Crippen LogP contribution in [0.25, 0.3) is 0 Å². The van der Waals surface area contributed by atoms with Crippen molar-refractivity contribution >= 4 is 31.6 Å². The molecule has 1 fully saturated rings. The van der Waals surface area contributed by atoms with Crippen molar-refractivity contribution in [2.75, 3.05) is 23.0 Å². The number of rotatable bonds is 8. The molecule has 1 heterocycles. The summed E-state index contributed by atoms with van der Waals surface area (Å²) >= 11 is 0. The van der Waals surface area contributed by atoms with Crippen molar-refractivity contribution in [3.63, 3.8) is 0 Å². The number of hydrogen-bond acceptors (Lipinski definition) is 8. The number of sulfone groups is 2. The maximum absolute atomic E-state index is 11.7. The Hall–Kier alpha value is -1.16. The van der Waals surface area contributed by atoms with Gasteiger partial charge in [-0.25, -0.2) is 26.4 Å². The average Bonchev–Trinajstić information content (AvgIpc) is 2.46. The molecule has 8 nitrogen and oxygen atoms in total. The van der Waals surface area contributed by atoms with E-state index in [2.05, 4.69) is 0 Å². The van der Waals surface area contributed by atoms with E-state index in [-0.39, 0.29) is 35.9 Å². The number of hydrogen-bond donors (Lipinski definition) is 0. The van der Waals surface area contributed by atoms with E-state index >= 15 is 0 Å². The van der Waals surface area contributed by atoms with Gasteiger partial charge in [0, 0.05) is 24.3 Å². The van der Waals surface area contributed by atoms with E-state index in [1.165, 1.54) is 13.8 Å². The van der Waals surface area contributed by atoms with E-state index in [4.69, 9.17) is 9.47 Å². The van der Waals surface area contributed by atoms with Crippen molar-refractivity contribution < 1.29 is 35.9 Å². The fraction of sp³-hybridized carbons (Fsp3) is 0.833. The van der Waals surface area contributed by atoms with Gasteiger partial charge in [-0.2, -0.15) is 0 Å². The fourth-order valence-electron chi connectivity index (χ4n) is 1.74. The van der Waals surface area contributed by atoms with Gasteiger partial charge in [-0.3, -0.25) is 0 Å². The Morgan fingerprint density at radius 3 is 1.36 bits per heavy atom. The Kier molecular flexibility index (Phi) is 6.36. The molecule has 0 unspecified atom stereocenters. The first kappa shape index (κ1) is 18.9. The van der Waals surface area contributed by atoms with Crippen LogP contribution in [0.4, 0.5) is 0 Å². The summed E-state index contributed by atoms with van der Waals surface area (Å²) in [5, 5.41) is 0. The third-order valence-corrected chi connectivity index (χ3v) is 6.78. The van der Waals surface area contributed by atoms with Crippen LogP contribution in [0.5, 0.6) is 0 Å². The van der Waals surface area contributed by atoms with E-state index in [0.29, 0.717) is 0 Å². The number of carbonyl (C=O) groups excluding carboxylic acids is 2. The molecule has 10 heteroatoms. The smallest absolute Gasteiger partial charge is 0.348 e. The molecular formula is C12H20O8S2. The first-order valence-corrected chi connectivity index (χ1v) is 10.6. The van der Waals surface area contributed by atoms with Crippen LogP contribution < -0.4 is 0 Å². The van der Waals surface area contributed by atoms with Gasteiger partial charge in [0.25, 0.3) is 0 Å². The Morgan fingerprint density at radius 2 is 1.09 bits per heavy atom. The molecule has 0 aliphatic carbocycles. The molecule has 22 heavy (non-hydrogen) atoms. The van der Waals surface area contributed by atoms with Gasteiger partial charge in [0.2, 0.25) is 0 Å². The highest BCUT2D eigenvalue weighted by Crippen LogP contribution is 2.17. The van der Waals surface area contributed by atoms with Crippen LogP contribution in [0, 0.1) is 0 Å². The first-order valence-electron chi connectivity index (χ1n) is 6.92. The second kappa shape index (κ2) is 7.40. The SMILES string of the molecule is CCS(=O)(=O)CC[C@H]1OC(=O)[C@@H](CCS(=O)(=O)CC)OC1=O. The Balaban J connectivity index is 2.58.